The average molecular weight is 459 g/mol. The van der Waals surface area contributed by atoms with Crippen LogP contribution in [-0.2, 0) is 9.63 Å². The van der Waals surface area contributed by atoms with Gasteiger partial charge in [-0.1, -0.05) is 17.7 Å². The summed E-state index contributed by atoms with van der Waals surface area (Å²) in [6, 6.07) is 5.50. The van der Waals surface area contributed by atoms with Gasteiger partial charge in [-0.3, -0.25) is 4.79 Å². The van der Waals surface area contributed by atoms with Gasteiger partial charge >= 0.3 is 0 Å². The number of carbonyl (C=O) groups is 1. The number of aliphatic hydroxyl groups is 1. The van der Waals surface area contributed by atoms with Crippen LogP contribution in [-0.4, -0.2) is 73.1 Å². The van der Waals surface area contributed by atoms with E-state index in [4.69, 9.17) is 16.3 Å². The van der Waals surface area contributed by atoms with Gasteiger partial charge < -0.3 is 24.5 Å². The smallest absolute Gasteiger partial charge is 0.294 e. The largest absolute Gasteiger partial charge is 0.489 e. The fourth-order valence-corrected chi connectivity index (χ4v) is 3.97. The molecule has 1 aromatic carbocycles. The van der Waals surface area contributed by atoms with Gasteiger partial charge in [0.1, 0.15) is 31.1 Å². The summed E-state index contributed by atoms with van der Waals surface area (Å²) in [4.78, 5) is 27.4. The summed E-state index contributed by atoms with van der Waals surface area (Å²) in [6.07, 6.45) is 1.10. The van der Waals surface area contributed by atoms with E-state index in [9.17, 15) is 20.0 Å². The molecule has 2 rings (SSSR count). The number of aliphatic hydroxyl groups excluding tert-OH is 1. The van der Waals surface area contributed by atoms with Crippen molar-refractivity contribution < 1.29 is 29.0 Å². The van der Waals surface area contributed by atoms with E-state index in [-0.39, 0.29) is 18.4 Å². The van der Waals surface area contributed by atoms with Gasteiger partial charge in [-0.25, -0.2) is 0 Å². The van der Waals surface area contributed by atoms with Gasteiger partial charge in [0.25, 0.3) is 5.09 Å². The van der Waals surface area contributed by atoms with E-state index in [0.717, 1.165) is 5.56 Å². The second-order valence-electron chi connectivity index (χ2n) is 8.83. The first-order valence-corrected chi connectivity index (χ1v) is 10.9. The first kappa shape index (κ1) is 25.2. The lowest BCUT2D eigenvalue weighted by atomic mass is 9.87. The highest BCUT2D eigenvalue weighted by molar-refractivity contribution is 6.32. The number of likely N-dealkylation sites (N-methyl/N-ethyl adjacent to an activating group) is 1. The molecule has 1 amide bonds. The van der Waals surface area contributed by atoms with Gasteiger partial charge in [0, 0.05) is 5.92 Å². The second-order valence-corrected chi connectivity index (χ2v) is 9.24. The number of hydrogen-bond donors (Lipinski definition) is 2. The molecule has 0 saturated heterocycles. The zero-order valence-electron chi connectivity index (χ0n) is 18.4. The highest BCUT2D eigenvalue weighted by Crippen LogP contribution is 2.27. The van der Waals surface area contributed by atoms with Crippen LogP contribution >= 0.6 is 11.6 Å². The third kappa shape index (κ3) is 8.88. The lowest BCUT2D eigenvalue weighted by Crippen LogP contribution is -2.51. The minimum absolute atomic E-state index is 0.0301. The summed E-state index contributed by atoms with van der Waals surface area (Å²) in [7, 11) is 3.96. The molecule has 2 N–H and O–H groups in total. The fraction of sp³-hybridized carbons (Fsp3) is 0.667. The molecule has 1 unspecified atom stereocenters. The van der Waals surface area contributed by atoms with Crippen LogP contribution in [0.4, 0.5) is 0 Å². The molecule has 0 spiro atoms. The molecule has 1 fully saturated rings. The summed E-state index contributed by atoms with van der Waals surface area (Å²) in [5.74, 6) is 0.384. The van der Waals surface area contributed by atoms with Crippen LogP contribution in [0, 0.1) is 23.0 Å². The van der Waals surface area contributed by atoms with Crippen molar-refractivity contribution in [1.29, 1.82) is 0 Å². The Balaban J connectivity index is 1.68. The van der Waals surface area contributed by atoms with Gasteiger partial charge in [0.2, 0.25) is 5.91 Å². The number of hydrogen-bond acceptors (Lipinski definition) is 6. The minimum Gasteiger partial charge on any atom is -0.489 e. The maximum atomic E-state index is 12.4. The quantitative estimate of drug-likeness (QED) is 0.299. The SMILES string of the molecule is Cc1ccc(Cl)c(OCC(O)C[N+](C)(C)CCNC(=O)C2CCC(O[N+](=O)[O-])CC2)c1. The first-order valence-electron chi connectivity index (χ1n) is 10.5. The highest BCUT2D eigenvalue weighted by Gasteiger charge is 2.28. The van der Waals surface area contributed by atoms with Gasteiger partial charge in [-0.05, 0) is 50.3 Å². The van der Waals surface area contributed by atoms with Crippen molar-refractivity contribution in [1.82, 2.24) is 5.32 Å². The van der Waals surface area contributed by atoms with Crippen LogP contribution in [0.3, 0.4) is 0 Å². The molecule has 9 nitrogen and oxygen atoms in total. The Bertz CT molecular complexity index is 753. The molecule has 0 heterocycles. The molecule has 0 aromatic heterocycles. The molecule has 1 atom stereocenters. The van der Waals surface area contributed by atoms with Crippen molar-refractivity contribution in [3.8, 4) is 5.75 Å². The third-order valence-corrected chi connectivity index (χ3v) is 5.83. The topological polar surface area (TPSA) is 111 Å². The van der Waals surface area contributed by atoms with Gasteiger partial charge in [-0.2, -0.15) is 0 Å². The Morgan fingerprint density at radius 2 is 2.03 bits per heavy atom. The van der Waals surface area contributed by atoms with Crippen LogP contribution in [0.15, 0.2) is 18.2 Å². The molecule has 10 heteroatoms. The Morgan fingerprint density at radius 3 is 2.68 bits per heavy atom. The average Bonchev–Trinajstić information content (AvgIpc) is 2.68. The van der Waals surface area contributed by atoms with Gasteiger partial charge in [0.15, 0.2) is 0 Å². The van der Waals surface area contributed by atoms with Gasteiger partial charge in [0.05, 0.1) is 32.2 Å². The van der Waals surface area contributed by atoms with Crippen LogP contribution < -0.4 is 10.1 Å². The molecule has 0 bridgehead atoms. The van der Waals surface area contributed by atoms with E-state index in [1.54, 1.807) is 6.07 Å². The van der Waals surface area contributed by atoms with E-state index >= 15 is 0 Å². The summed E-state index contributed by atoms with van der Waals surface area (Å²) >= 11 is 6.12. The van der Waals surface area contributed by atoms with Crippen LogP contribution in [0.1, 0.15) is 31.2 Å². The standard InChI is InChI=1S/C21H32ClN3O6/c1-15-4-9-19(22)20(12-15)30-14-17(26)13-25(2,3)11-10-23-21(27)16-5-7-18(8-6-16)31-24(28)29/h4,9,12,16-18,26H,5-8,10-11,13-14H2,1-3H3/p+1. The van der Waals surface area contributed by atoms with Crippen molar-refractivity contribution in [2.75, 3.05) is 40.3 Å². The maximum absolute atomic E-state index is 12.4. The number of aryl methyl sites for hydroxylation is 1. The number of ether oxygens (including phenoxy) is 1. The Hall–Kier alpha value is -2.10. The second kappa shape index (κ2) is 11.5. The molecule has 1 aromatic rings. The van der Waals surface area contributed by atoms with Crippen LogP contribution in [0.5, 0.6) is 5.75 Å². The monoisotopic (exact) mass is 458 g/mol. The molecule has 0 aliphatic heterocycles. The third-order valence-electron chi connectivity index (χ3n) is 5.52. The Labute approximate surface area is 188 Å². The van der Waals surface area contributed by atoms with E-state index in [0.29, 0.717) is 60.6 Å². The predicted molar refractivity (Wildman–Crippen MR) is 116 cm³/mol. The number of carbonyl (C=O) groups excluding carboxylic acids is 1. The molecular formula is C21H33ClN3O6+. The normalized spacial score (nSPS) is 20.0. The van der Waals surface area contributed by atoms with E-state index in [1.165, 1.54) is 0 Å². The predicted octanol–water partition coefficient (Wildman–Crippen LogP) is 2.35. The first-order chi connectivity index (χ1) is 14.6. The summed E-state index contributed by atoms with van der Waals surface area (Å²) < 4.78 is 6.18. The Kier molecular flexibility index (Phi) is 9.33. The summed E-state index contributed by atoms with van der Waals surface area (Å²) in [5, 5.41) is 23.5. The number of halogens is 1. The molecule has 1 aliphatic carbocycles. The minimum atomic E-state index is -0.764. The molecule has 1 saturated carbocycles. The van der Waals surface area contributed by atoms with Crippen LogP contribution in [0.2, 0.25) is 5.02 Å². The molecule has 174 valence electrons. The maximum Gasteiger partial charge on any atom is 0.294 e. The van der Waals surface area contributed by atoms with Crippen molar-refractivity contribution in [2.24, 2.45) is 5.92 Å². The molecule has 1 aliphatic rings. The highest BCUT2D eigenvalue weighted by atomic mass is 35.5. The van der Waals surface area contributed by atoms with Crippen molar-refractivity contribution in [3.05, 3.63) is 38.9 Å². The van der Waals surface area contributed by atoms with E-state index in [1.807, 2.05) is 33.2 Å². The molecule has 0 radical (unpaired) electrons. The number of benzene rings is 1. The van der Waals surface area contributed by atoms with Crippen molar-refractivity contribution in [3.63, 3.8) is 0 Å². The van der Waals surface area contributed by atoms with Crippen molar-refractivity contribution >= 4 is 17.5 Å². The van der Waals surface area contributed by atoms with Gasteiger partial charge in [-0.15, -0.1) is 10.1 Å². The number of nitrogens with zero attached hydrogens (tertiary/aromatic N) is 2. The lowest BCUT2D eigenvalue weighted by molar-refractivity contribution is -0.892. The Morgan fingerprint density at radius 1 is 1.35 bits per heavy atom. The summed E-state index contributed by atoms with van der Waals surface area (Å²) in [6.45, 7) is 3.66. The number of amides is 1. The van der Waals surface area contributed by atoms with Crippen LogP contribution in [0.25, 0.3) is 0 Å². The lowest BCUT2D eigenvalue weighted by Gasteiger charge is -2.32. The zero-order valence-corrected chi connectivity index (χ0v) is 19.1. The fourth-order valence-electron chi connectivity index (χ4n) is 3.80. The van der Waals surface area contributed by atoms with Crippen molar-refractivity contribution in [2.45, 2.75) is 44.8 Å². The van der Waals surface area contributed by atoms with E-state index < -0.39 is 17.3 Å². The number of quaternary nitrogens is 1. The molecular weight excluding hydrogens is 426 g/mol. The zero-order chi connectivity index (χ0) is 23.0. The number of rotatable bonds is 11. The molecule has 31 heavy (non-hydrogen) atoms. The summed E-state index contributed by atoms with van der Waals surface area (Å²) in [5.41, 5.74) is 1.03. The number of nitrogens with one attached hydrogen (secondary N) is 1. The van der Waals surface area contributed by atoms with E-state index in [2.05, 4.69) is 10.2 Å².